The zero-order chi connectivity index (χ0) is 16.7. The topological polar surface area (TPSA) is 49.8 Å². The van der Waals surface area contributed by atoms with Crippen LogP contribution in [0.25, 0.3) is 0 Å². The molecule has 0 spiro atoms. The van der Waals surface area contributed by atoms with Crippen LogP contribution in [0.1, 0.15) is 22.8 Å². The third-order valence-corrected chi connectivity index (χ3v) is 3.64. The Morgan fingerprint density at radius 1 is 1.17 bits per heavy atom. The molecule has 2 aromatic rings. The highest BCUT2D eigenvalue weighted by atomic mass is 16.5. The monoisotopic (exact) mass is 311 g/mol. The van der Waals surface area contributed by atoms with Crippen LogP contribution in [0.4, 0.5) is 0 Å². The van der Waals surface area contributed by atoms with E-state index in [9.17, 15) is 10.0 Å². The molecular weight excluding hydrogens is 290 g/mol. The summed E-state index contributed by atoms with van der Waals surface area (Å²) in [6.07, 6.45) is 1.51. The predicted molar refractivity (Wildman–Crippen MR) is 89.1 cm³/mol. The van der Waals surface area contributed by atoms with Gasteiger partial charge < -0.3 is 4.74 Å². The Morgan fingerprint density at radius 2 is 1.74 bits per heavy atom. The number of nitrogens with zero attached hydrogens (tertiary/aromatic N) is 1. The van der Waals surface area contributed by atoms with Gasteiger partial charge >= 0.3 is 0 Å². The number of ether oxygens (including phenoxy) is 1. The van der Waals surface area contributed by atoms with Gasteiger partial charge in [-0.2, -0.15) is 0 Å². The molecule has 1 unspecified atom stereocenters. The van der Waals surface area contributed by atoms with Gasteiger partial charge in [-0.3, -0.25) is 10.0 Å². The van der Waals surface area contributed by atoms with Gasteiger partial charge in [-0.15, -0.1) is 6.58 Å². The molecule has 0 aliphatic carbocycles. The Labute approximate surface area is 136 Å². The molecule has 0 saturated carbocycles. The van der Waals surface area contributed by atoms with E-state index in [4.69, 9.17) is 4.74 Å². The zero-order valence-electron chi connectivity index (χ0n) is 13.2. The van der Waals surface area contributed by atoms with Crippen LogP contribution in [0.15, 0.2) is 73.3 Å². The number of carbonyl (C=O) groups is 1. The molecule has 0 aromatic heterocycles. The molecule has 0 heterocycles. The molecule has 23 heavy (non-hydrogen) atoms. The molecule has 0 bridgehead atoms. The van der Waals surface area contributed by atoms with Crippen molar-refractivity contribution in [2.75, 3.05) is 6.61 Å². The zero-order valence-corrected chi connectivity index (χ0v) is 13.2. The molecular formula is C19H21NO3. The normalized spacial score (nSPS) is 13.1. The molecule has 4 heteroatoms. The van der Waals surface area contributed by atoms with E-state index >= 15 is 0 Å². The first-order valence-electron chi connectivity index (χ1n) is 7.40. The van der Waals surface area contributed by atoms with E-state index in [1.54, 1.807) is 31.2 Å². The van der Waals surface area contributed by atoms with Crippen molar-refractivity contribution in [1.82, 2.24) is 5.06 Å². The summed E-state index contributed by atoms with van der Waals surface area (Å²) in [5.74, 6) is -0.490. The lowest BCUT2D eigenvalue weighted by Crippen LogP contribution is -2.49. The van der Waals surface area contributed by atoms with Crippen molar-refractivity contribution < 1.29 is 14.7 Å². The average Bonchev–Trinajstić information content (AvgIpc) is 2.62. The van der Waals surface area contributed by atoms with Gasteiger partial charge in [-0.25, -0.2) is 5.06 Å². The van der Waals surface area contributed by atoms with E-state index in [1.165, 1.54) is 6.08 Å². The summed E-state index contributed by atoms with van der Waals surface area (Å²) in [5, 5.41) is 11.0. The molecule has 0 aliphatic rings. The van der Waals surface area contributed by atoms with E-state index < -0.39 is 11.4 Å². The summed E-state index contributed by atoms with van der Waals surface area (Å²) in [5.41, 5.74) is 0.422. The molecule has 0 fully saturated rings. The fourth-order valence-electron chi connectivity index (χ4n) is 2.09. The third kappa shape index (κ3) is 4.28. The van der Waals surface area contributed by atoms with E-state index in [-0.39, 0.29) is 6.61 Å². The van der Waals surface area contributed by atoms with Gasteiger partial charge in [0.2, 0.25) is 0 Å². The van der Waals surface area contributed by atoms with E-state index in [0.717, 1.165) is 5.56 Å². The number of rotatable bonds is 7. The van der Waals surface area contributed by atoms with Crippen LogP contribution in [0.5, 0.6) is 0 Å². The third-order valence-electron chi connectivity index (χ3n) is 3.64. The first-order chi connectivity index (χ1) is 11.1. The number of hydrogen-bond acceptors (Lipinski definition) is 3. The summed E-state index contributed by atoms with van der Waals surface area (Å²) in [7, 11) is 0. The van der Waals surface area contributed by atoms with Crippen molar-refractivity contribution in [3.05, 3.63) is 84.4 Å². The highest BCUT2D eigenvalue weighted by molar-refractivity contribution is 5.94. The average molecular weight is 311 g/mol. The predicted octanol–water partition coefficient (Wildman–Crippen LogP) is 3.68. The molecule has 0 aliphatic heterocycles. The van der Waals surface area contributed by atoms with Gasteiger partial charge in [-0.05, 0) is 24.6 Å². The second kappa shape index (κ2) is 7.72. The second-order valence-electron chi connectivity index (χ2n) is 5.52. The maximum absolute atomic E-state index is 12.4. The van der Waals surface area contributed by atoms with Crippen LogP contribution >= 0.6 is 0 Å². The maximum atomic E-state index is 12.4. The van der Waals surface area contributed by atoms with Gasteiger partial charge in [0, 0.05) is 5.56 Å². The molecule has 120 valence electrons. The van der Waals surface area contributed by atoms with Crippen molar-refractivity contribution in [3.63, 3.8) is 0 Å². The SMILES string of the molecule is C=CC(C)(COCc1ccccc1)N(O)C(=O)c1ccccc1. The fraction of sp³-hybridized carbons (Fsp3) is 0.211. The summed E-state index contributed by atoms with van der Waals surface area (Å²) in [4.78, 5) is 12.4. The standard InChI is InChI=1S/C19H21NO3/c1-3-19(2,15-23-14-16-10-6-4-7-11-16)20(22)18(21)17-12-8-5-9-13-17/h3-13,22H,1,14-15H2,2H3. The summed E-state index contributed by atoms with van der Waals surface area (Å²) < 4.78 is 5.66. The summed E-state index contributed by atoms with van der Waals surface area (Å²) in [6, 6.07) is 18.3. The number of carbonyl (C=O) groups excluding carboxylic acids is 1. The first kappa shape index (κ1) is 16.9. The Balaban J connectivity index is 2.01. The summed E-state index contributed by atoms with van der Waals surface area (Å²) in [6.45, 7) is 5.96. The fourth-order valence-corrected chi connectivity index (χ4v) is 2.09. The molecule has 0 saturated heterocycles. The number of hydrogen-bond donors (Lipinski definition) is 1. The molecule has 0 radical (unpaired) electrons. The Morgan fingerprint density at radius 3 is 2.30 bits per heavy atom. The van der Waals surface area contributed by atoms with Gasteiger partial charge in [-0.1, -0.05) is 54.6 Å². The Hall–Kier alpha value is -2.43. The van der Waals surface area contributed by atoms with Crippen molar-refractivity contribution in [2.24, 2.45) is 0 Å². The van der Waals surface area contributed by atoms with Gasteiger partial charge in [0.1, 0.15) is 5.54 Å². The molecule has 1 N–H and O–H groups in total. The molecule has 2 rings (SSSR count). The van der Waals surface area contributed by atoms with E-state index in [1.807, 2.05) is 36.4 Å². The van der Waals surface area contributed by atoms with Crippen LogP contribution in [0, 0.1) is 0 Å². The molecule has 2 aromatic carbocycles. The second-order valence-corrected chi connectivity index (χ2v) is 5.52. The Kier molecular flexibility index (Phi) is 5.68. The highest BCUT2D eigenvalue weighted by Gasteiger charge is 2.33. The van der Waals surface area contributed by atoms with Crippen molar-refractivity contribution in [3.8, 4) is 0 Å². The summed E-state index contributed by atoms with van der Waals surface area (Å²) >= 11 is 0. The Bertz CT molecular complexity index is 642. The van der Waals surface area contributed by atoms with Crippen LogP contribution < -0.4 is 0 Å². The maximum Gasteiger partial charge on any atom is 0.278 e. The van der Waals surface area contributed by atoms with Crippen LogP contribution in [-0.4, -0.2) is 28.3 Å². The van der Waals surface area contributed by atoms with Crippen molar-refractivity contribution in [2.45, 2.75) is 19.1 Å². The van der Waals surface area contributed by atoms with Crippen LogP contribution in [0.2, 0.25) is 0 Å². The minimum atomic E-state index is -1.01. The lowest BCUT2D eigenvalue weighted by molar-refractivity contribution is -0.132. The quantitative estimate of drug-likeness (QED) is 0.482. The van der Waals surface area contributed by atoms with Gasteiger partial charge in [0.15, 0.2) is 0 Å². The van der Waals surface area contributed by atoms with Crippen molar-refractivity contribution >= 4 is 5.91 Å². The first-order valence-corrected chi connectivity index (χ1v) is 7.40. The number of hydroxylamine groups is 2. The number of amides is 1. The molecule has 4 nitrogen and oxygen atoms in total. The van der Waals surface area contributed by atoms with Gasteiger partial charge in [0.25, 0.3) is 5.91 Å². The van der Waals surface area contributed by atoms with Gasteiger partial charge in [0.05, 0.1) is 13.2 Å². The smallest absolute Gasteiger partial charge is 0.278 e. The van der Waals surface area contributed by atoms with E-state index in [2.05, 4.69) is 6.58 Å². The molecule has 1 atom stereocenters. The minimum Gasteiger partial charge on any atom is -0.374 e. The minimum absolute atomic E-state index is 0.139. The number of benzene rings is 2. The van der Waals surface area contributed by atoms with Crippen molar-refractivity contribution in [1.29, 1.82) is 0 Å². The highest BCUT2D eigenvalue weighted by Crippen LogP contribution is 2.19. The molecule has 1 amide bonds. The lowest BCUT2D eigenvalue weighted by Gasteiger charge is -2.33. The van der Waals surface area contributed by atoms with Crippen LogP contribution in [0.3, 0.4) is 0 Å². The van der Waals surface area contributed by atoms with E-state index in [0.29, 0.717) is 17.2 Å². The van der Waals surface area contributed by atoms with Crippen LogP contribution in [-0.2, 0) is 11.3 Å². The lowest BCUT2D eigenvalue weighted by atomic mass is 10.0. The largest absolute Gasteiger partial charge is 0.374 e.